The third kappa shape index (κ3) is 3.46. The Balaban J connectivity index is 1.84. The third-order valence-electron chi connectivity index (χ3n) is 5.42. The summed E-state index contributed by atoms with van der Waals surface area (Å²) in [6.07, 6.45) is 2.03. The first kappa shape index (κ1) is 19.7. The SMILES string of the molecule is CCC(CC)n1nc(C)c2nc(-c3sc(-c4ccc(F)cc4)cc3C)c(C)nc21. The third-order valence-corrected chi connectivity index (χ3v) is 6.71. The van der Waals surface area contributed by atoms with Crippen LogP contribution in [0.25, 0.3) is 32.2 Å². The summed E-state index contributed by atoms with van der Waals surface area (Å²) < 4.78 is 15.3. The Morgan fingerprint density at radius 3 is 2.34 bits per heavy atom. The number of rotatable bonds is 5. The second-order valence-electron chi connectivity index (χ2n) is 7.46. The van der Waals surface area contributed by atoms with Gasteiger partial charge in [-0.15, -0.1) is 11.3 Å². The van der Waals surface area contributed by atoms with Gasteiger partial charge in [0.15, 0.2) is 5.65 Å². The summed E-state index contributed by atoms with van der Waals surface area (Å²) in [5, 5.41) is 4.75. The highest BCUT2D eigenvalue weighted by molar-refractivity contribution is 7.19. The van der Waals surface area contributed by atoms with Crippen molar-refractivity contribution in [1.82, 2.24) is 19.7 Å². The smallest absolute Gasteiger partial charge is 0.177 e. The molecule has 0 fully saturated rings. The first-order valence-electron chi connectivity index (χ1n) is 10.0. The molecule has 0 bridgehead atoms. The predicted octanol–water partition coefficient (Wildman–Crippen LogP) is 6.65. The minimum absolute atomic E-state index is 0.223. The predicted molar refractivity (Wildman–Crippen MR) is 118 cm³/mol. The van der Waals surface area contributed by atoms with Gasteiger partial charge in [-0.2, -0.15) is 5.10 Å². The molecule has 6 heteroatoms. The zero-order chi connectivity index (χ0) is 20.7. The number of aromatic nitrogens is 4. The molecule has 0 N–H and O–H groups in total. The molecule has 0 radical (unpaired) electrons. The van der Waals surface area contributed by atoms with Crippen LogP contribution >= 0.6 is 11.3 Å². The molecule has 0 unspecified atom stereocenters. The summed E-state index contributed by atoms with van der Waals surface area (Å²) >= 11 is 1.67. The fraction of sp³-hybridized carbons (Fsp3) is 0.348. The quantitative estimate of drug-likeness (QED) is 0.371. The van der Waals surface area contributed by atoms with Crippen molar-refractivity contribution < 1.29 is 4.39 Å². The van der Waals surface area contributed by atoms with E-state index < -0.39 is 0 Å². The first-order valence-corrected chi connectivity index (χ1v) is 10.8. The maximum Gasteiger partial charge on any atom is 0.177 e. The van der Waals surface area contributed by atoms with Crippen LogP contribution in [0.1, 0.15) is 49.7 Å². The molecule has 1 aromatic carbocycles. The Labute approximate surface area is 174 Å². The standard InChI is InChI=1S/C23H25FN4S/c1-6-18(7-2)28-23-21(15(5)27-28)26-20(14(4)25-23)22-13(3)12-19(29-22)16-8-10-17(24)11-9-16/h8-12,18H,6-7H2,1-5H3. The summed E-state index contributed by atoms with van der Waals surface area (Å²) in [5.74, 6) is -0.223. The Kier molecular flexibility index (Phi) is 5.21. The topological polar surface area (TPSA) is 43.6 Å². The van der Waals surface area contributed by atoms with Gasteiger partial charge < -0.3 is 0 Å². The number of benzene rings is 1. The molecule has 29 heavy (non-hydrogen) atoms. The van der Waals surface area contributed by atoms with Crippen molar-refractivity contribution in [2.45, 2.75) is 53.5 Å². The highest BCUT2D eigenvalue weighted by Crippen LogP contribution is 2.39. The number of hydrogen-bond donors (Lipinski definition) is 0. The Hall–Kier alpha value is -2.60. The molecule has 3 heterocycles. The van der Waals surface area contributed by atoms with Crippen LogP contribution in [-0.4, -0.2) is 19.7 Å². The van der Waals surface area contributed by atoms with Crippen molar-refractivity contribution in [1.29, 1.82) is 0 Å². The number of halogens is 1. The van der Waals surface area contributed by atoms with Crippen molar-refractivity contribution in [3.05, 3.63) is 53.1 Å². The minimum atomic E-state index is -0.223. The summed E-state index contributed by atoms with van der Waals surface area (Å²) in [6, 6.07) is 9.10. The van der Waals surface area contributed by atoms with E-state index in [0.29, 0.717) is 6.04 Å². The zero-order valence-electron chi connectivity index (χ0n) is 17.5. The average molecular weight is 409 g/mol. The van der Waals surface area contributed by atoms with E-state index in [-0.39, 0.29) is 5.82 Å². The second-order valence-corrected chi connectivity index (χ2v) is 8.51. The molecule has 150 valence electrons. The van der Waals surface area contributed by atoms with Gasteiger partial charge in [-0.25, -0.2) is 19.0 Å². The van der Waals surface area contributed by atoms with Crippen LogP contribution in [-0.2, 0) is 0 Å². The maximum absolute atomic E-state index is 13.3. The van der Waals surface area contributed by atoms with Crippen molar-refractivity contribution >= 4 is 22.5 Å². The molecule has 0 spiro atoms. The monoisotopic (exact) mass is 408 g/mol. The Morgan fingerprint density at radius 2 is 1.69 bits per heavy atom. The van der Waals surface area contributed by atoms with Crippen LogP contribution in [0.2, 0.25) is 0 Å². The van der Waals surface area contributed by atoms with E-state index in [4.69, 9.17) is 15.1 Å². The van der Waals surface area contributed by atoms with Crippen molar-refractivity contribution in [2.75, 3.05) is 0 Å². The molecule has 3 aromatic heterocycles. The molecule has 0 aliphatic heterocycles. The van der Waals surface area contributed by atoms with Gasteiger partial charge >= 0.3 is 0 Å². The van der Waals surface area contributed by atoms with E-state index in [2.05, 4.69) is 26.8 Å². The van der Waals surface area contributed by atoms with E-state index in [1.54, 1.807) is 11.3 Å². The van der Waals surface area contributed by atoms with E-state index in [1.807, 2.05) is 30.7 Å². The number of aryl methyl sites for hydroxylation is 3. The first-order chi connectivity index (χ1) is 13.9. The van der Waals surface area contributed by atoms with Crippen LogP contribution in [0.15, 0.2) is 30.3 Å². The zero-order valence-corrected chi connectivity index (χ0v) is 18.3. The fourth-order valence-corrected chi connectivity index (χ4v) is 4.96. The van der Waals surface area contributed by atoms with Gasteiger partial charge in [-0.05, 0) is 62.9 Å². The average Bonchev–Trinajstić information content (AvgIpc) is 3.23. The Morgan fingerprint density at radius 1 is 1.00 bits per heavy atom. The molecule has 0 aliphatic carbocycles. The second kappa shape index (κ2) is 7.67. The van der Waals surface area contributed by atoms with Crippen LogP contribution in [0, 0.1) is 26.6 Å². The van der Waals surface area contributed by atoms with E-state index >= 15 is 0 Å². The van der Waals surface area contributed by atoms with Crippen LogP contribution in [0.4, 0.5) is 4.39 Å². The molecule has 0 saturated heterocycles. The van der Waals surface area contributed by atoms with Gasteiger partial charge in [0.2, 0.25) is 0 Å². The van der Waals surface area contributed by atoms with Crippen molar-refractivity contribution in [2.24, 2.45) is 0 Å². The Bertz CT molecular complexity index is 1170. The molecule has 0 amide bonds. The molecular formula is C23H25FN4S. The normalized spacial score (nSPS) is 11.7. The number of thiophene rings is 1. The number of hydrogen-bond acceptors (Lipinski definition) is 4. The van der Waals surface area contributed by atoms with Gasteiger partial charge in [0.05, 0.1) is 22.3 Å². The maximum atomic E-state index is 13.3. The lowest BCUT2D eigenvalue weighted by molar-refractivity contribution is 0.436. The van der Waals surface area contributed by atoms with Crippen LogP contribution in [0.3, 0.4) is 0 Å². The summed E-state index contributed by atoms with van der Waals surface area (Å²) in [4.78, 5) is 12.1. The fourth-order valence-electron chi connectivity index (χ4n) is 3.74. The number of nitrogens with zero attached hydrogens (tertiary/aromatic N) is 4. The van der Waals surface area contributed by atoms with Gasteiger partial charge in [0.25, 0.3) is 0 Å². The minimum Gasteiger partial charge on any atom is -0.243 e. The van der Waals surface area contributed by atoms with Crippen LogP contribution in [0.5, 0.6) is 0 Å². The van der Waals surface area contributed by atoms with Crippen molar-refractivity contribution in [3.63, 3.8) is 0 Å². The molecule has 0 saturated carbocycles. The number of fused-ring (bicyclic) bond motifs is 1. The van der Waals surface area contributed by atoms with E-state index in [0.717, 1.165) is 62.0 Å². The van der Waals surface area contributed by atoms with Crippen molar-refractivity contribution in [3.8, 4) is 21.0 Å². The molecule has 4 rings (SSSR count). The lowest BCUT2D eigenvalue weighted by atomic mass is 10.1. The summed E-state index contributed by atoms with van der Waals surface area (Å²) in [7, 11) is 0. The van der Waals surface area contributed by atoms with Crippen LogP contribution < -0.4 is 0 Å². The van der Waals surface area contributed by atoms with Gasteiger partial charge in [-0.3, -0.25) is 0 Å². The van der Waals surface area contributed by atoms with E-state index in [1.165, 1.54) is 12.1 Å². The van der Waals surface area contributed by atoms with E-state index in [9.17, 15) is 4.39 Å². The molecular weight excluding hydrogens is 383 g/mol. The molecule has 4 aromatic rings. The van der Waals surface area contributed by atoms with Gasteiger partial charge in [0.1, 0.15) is 17.0 Å². The molecule has 4 nitrogen and oxygen atoms in total. The largest absolute Gasteiger partial charge is 0.243 e. The summed E-state index contributed by atoms with van der Waals surface area (Å²) in [5.41, 5.74) is 6.61. The van der Waals surface area contributed by atoms with Gasteiger partial charge in [-0.1, -0.05) is 26.0 Å². The molecule has 0 atom stereocenters. The highest BCUT2D eigenvalue weighted by Gasteiger charge is 2.20. The highest BCUT2D eigenvalue weighted by atomic mass is 32.1. The van der Waals surface area contributed by atoms with Gasteiger partial charge in [0, 0.05) is 4.88 Å². The summed E-state index contributed by atoms with van der Waals surface area (Å²) in [6.45, 7) is 10.5. The molecule has 0 aliphatic rings. The lowest BCUT2D eigenvalue weighted by Crippen LogP contribution is -2.10. The lowest BCUT2D eigenvalue weighted by Gasteiger charge is -2.14.